The molecule has 11 heteroatoms. The molecule has 0 radical (unpaired) electrons. The number of aromatic nitrogens is 4. The molecule has 0 unspecified atom stereocenters. The van der Waals surface area contributed by atoms with Crippen LogP contribution in [0, 0.1) is 19.8 Å². The number of nitrogens with one attached hydrogen (secondary N) is 1. The molecule has 3 aromatic rings. The van der Waals surface area contributed by atoms with Crippen molar-refractivity contribution in [3.05, 3.63) is 59.2 Å². The fourth-order valence-electron chi connectivity index (χ4n) is 4.43. The number of aryl methyl sites for hydroxylation is 1. The first-order chi connectivity index (χ1) is 17.2. The van der Waals surface area contributed by atoms with Crippen LogP contribution in [-0.4, -0.2) is 52.5 Å². The summed E-state index contributed by atoms with van der Waals surface area (Å²) >= 11 is 0. The molecule has 1 aliphatic heterocycles. The number of rotatable bonds is 7. The van der Waals surface area contributed by atoms with E-state index in [1.165, 1.54) is 16.9 Å². The molecule has 4 heterocycles. The highest BCUT2D eigenvalue weighted by atomic mass is 19.4. The Morgan fingerprint density at radius 3 is 2.50 bits per heavy atom. The third-order valence-corrected chi connectivity index (χ3v) is 6.50. The molecule has 0 bridgehead atoms. The Balaban J connectivity index is 1.42. The van der Waals surface area contributed by atoms with Gasteiger partial charge in [0.15, 0.2) is 5.82 Å². The van der Waals surface area contributed by atoms with E-state index in [-0.39, 0.29) is 11.4 Å². The molecule has 1 fully saturated rings. The van der Waals surface area contributed by atoms with Gasteiger partial charge in [0.2, 0.25) is 0 Å². The van der Waals surface area contributed by atoms with E-state index < -0.39 is 17.6 Å². The third-order valence-electron chi connectivity index (χ3n) is 6.50. The van der Waals surface area contributed by atoms with Gasteiger partial charge >= 0.3 is 6.18 Å². The van der Waals surface area contributed by atoms with Gasteiger partial charge in [0, 0.05) is 33.0 Å². The van der Waals surface area contributed by atoms with Crippen LogP contribution in [0.4, 0.5) is 24.7 Å². The van der Waals surface area contributed by atoms with Crippen molar-refractivity contribution in [2.45, 2.75) is 39.3 Å². The summed E-state index contributed by atoms with van der Waals surface area (Å²) in [5, 5.41) is 6.98. The molecule has 4 rings (SSSR count). The minimum absolute atomic E-state index is 0.187. The van der Waals surface area contributed by atoms with Crippen molar-refractivity contribution in [1.82, 2.24) is 19.7 Å². The molecule has 0 aromatic carbocycles. The van der Waals surface area contributed by atoms with Crippen LogP contribution in [-0.2, 0) is 10.9 Å². The average Bonchev–Trinajstić information content (AvgIpc) is 3.24. The minimum atomic E-state index is -4.47. The van der Waals surface area contributed by atoms with E-state index in [9.17, 15) is 18.0 Å². The van der Waals surface area contributed by atoms with Gasteiger partial charge in [0.25, 0.3) is 5.91 Å². The standard InChI is InChI=1S/C25H29F3N6O2/c1-16-12-20(14-30-23(16)33-9-6-18(7-10-33)8-11-36-3)32-24(35)21-15-31-34(17(21)2)22-5-4-19(13-29-22)25(26,27)28/h4-5,12-15,18H,6-11H2,1-3H3,(H,32,35). The van der Waals surface area contributed by atoms with Crippen molar-refractivity contribution in [2.75, 3.05) is 37.0 Å². The molecule has 1 saturated heterocycles. The van der Waals surface area contributed by atoms with Crippen LogP contribution in [0.5, 0.6) is 0 Å². The van der Waals surface area contributed by atoms with Gasteiger partial charge < -0.3 is 15.0 Å². The lowest BCUT2D eigenvalue weighted by atomic mass is 9.94. The number of alkyl halides is 3. The first-order valence-electron chi connectivity index (χ1n) is 11.8. The smallest absolute Gasteiger partial charge is 0.385 e. The summed E-state index contributed by atoms with van der Waals surface area (Å²) in [6, 6.07) is 4.03. The zero-order valence-corrected chi connectivity index (χ0v) is 20.5. The summed E-state index contributed by atoms with van der Waals surface area (Å²) in [5.41, 5.74) is 1.41. The normalized spacial score (nSPS) is 14.8. The van der Waals surface area contributed by atoms with Gasteiger partial charge in [0.1, 0.15) is 5.82 Å². The third kappa shape index (κ3) is 5.67. The fraction of sp³-hybridized carbons (Fsp3) is 0.440. The fourth-order valence-corrected chi connectivity index (χ4v) is 4.43. The van der Waals surface area contributed by atoms with Crippen LogP contribution in [0.2, 0.25) is 0 Å². The predicted octanol–water partition coefficient (Wildman–Crippen LogP) is 4.80. The topological polar surface area (TPSA) is 85.2 Å². The number of ether oxygens (including phenoxy) is 1. The van der Waals surface area contributed by atoms with Crippen LogP contribution < -0.4 is 10.2 Å². The molecular weight excluding hydrogens is 473 g/mol. The minimum Gasteiger partial charge on any atom is -0.385 e. The van der Waals surface area contributed by atoms with Gasteiger partial charge in [-0.3, -0.25) is 4.79 Å². The molecule has 36 heavy (non-hydrogen) atoms. The molecule has 0 atom stereocenters. The van der Waals surface area contributed by atoms with Crippen LogP contribution in [0.3, 0.4) is 0 Å². The zero-order chi connectivity index (χ0) is 25.9. The number of carbonyl (C=O) groups is 1. The SMILES string of the molecule is COCCC1CCN(c2ncc(NC(=O)c3cnn(-c4ccc(C(F)(F)F)cn4)c3C)cc2C)CC1. The van der Waals surface area contributed by atoms with Gasteiger partial charge in [-0.25, -0.2) is 14.6 Å². The van der Waals surface area contributed by atoms with Crippen molar-refractivity contribution in [3.8, 4) is 5.82 Å². The molecular formula is C25H29F3N6O2. The quantitative estimate of drug-likeness (QED) is 0.500. The molecule has 3 aromatic heterocycles. The molecule has 0 spiro atoms. The Morgan fingerprint density at radius 2 is 1.89 bits per heavy atom. The highest BCUT2D eigenvalue weighted by Crippen LogP contribution is 2.29. The maximum atomic E-state index is 12.9. The second-order valence-corrected chi connectivity index (χ2v) is 8.99. The molecule has 0 saturated carbocycles. The second-order valence-electron chi connectivity index (χ2n) is 8.99. The summed E-state index contributed by atoms with van der Waals surface area (Å²) in [7, 11) is 1.73. The van der Waals surface area contributed by atoms with Gasteiger partial charge in [-0.15, -0.1) is 0 Å². The number of pyridine rings is 2. The maximum absolute atomic E-state index is 12.9. The number of nitrogens with zero attached hydrogens (tertiary/aromatic N) is 5. The molecule has 192 valence electrons. The lowest BCUT2D eigenvalue weighted by Gasteiger charge is -2.33. The highest BCUT2D eigenvalue weighted by Gasteiger charge is 2.31. The molecule has 1 N–H and O–H groups in total. The number of carbonyl (C=O) groups excluding carboxylic acids is 1. The number of amides is 1. The molecule has 8 nitrogen and oxygen atoms in total. The largest absolute Gasteiger partial charge is 0.417 e. The van der Waals surface area contributed by atoms with E-state index in [1.54, 1.807) is 20.2 Å². The lowest BCUT2D eigenvalue weighted by Crippen LogP contribution is -2.35. The first-order valence-corrected chi connectivity index (χ1v) is 11.8. The summed E-state index contributed by atoms with van der Waals surface area (Å²) in [5.74, 6) is 1.38. The van der Waals surface area contributed by atoms with Gasteiger partial charge in [-0.2, -0.15) is 18.3 Å². The van der Waals surface area contributed by atoms with E-state index in [0.29, 0.717) is 17.3 Å². The van der Waals surface area contributed by atoms with Crippen molar-refractivity contribution in [2.24, 2.45) is 5.92 Å². The number of hydrogen-bond donors (Lipinski definition) is 1. The lowest BCUT2D eigenvalue weighted by molar-refractivity contribution is -0.137. The zero-order valence-electron chi connectivity index (χ0n) is 20.5. The van der Waals surface area contributed by atoms with E-state index in [2.05, 4.69) is 25.3 Å². The van der Waals surface area contributed by atoms with Crippen molar-refractivity contribution in [3.63, 3.8) is 0 Å². The number of methoxy groups -OCH3 is 1. The predicted molar refractivity (Wildman–Crippen MR) is 129 cm³/mol. The van der Waals surface area contributed by atoms with E-state index in [0.717, 1.165) is 62.6 Å². The van der Waals surface area contributed by atoms with Crippen molar-refractivity contribution in [1.29, 1.82) is 0 Å². The monoisotopic (exact) mass is 502 g/mol. The van der Waals surface area contributed by atoms with Crippen molar-refractivity contribution >= 4 is 17.4 Å². The van der Waals surface area contributed by atoms with E-state index in [4.69, 9.17) is 4.74 Å². The van der Waals surface area contributed by atoms with E-state index in [1.807, 2.05) is 13.0 Å². The number of hydrogen-bond acceptors (Lipinski definition) is 6. The average molecular weight is 503 g/mol. The summed E-state index contributed by atoms with van der Waals surface area (Å²) in [4.78, 5) is 23.6. The summed E-state index contributed by atoms with van der Waals surface area (Å²) in [6.07, 6.45) is 2.54. The molecule has 1 amide bonds. The Labute approximate surface area is 207 Å². The number of piperidine rings is 1. The van der Waals surface area contributed by atoms with Crippen LogP contribution in [0.25, 0.3) is 5.82 Å². The Hall–Kier alpha value is -3.47. The van der Waals surface area contributed by atoms with Crippen molar-refractivity contribution < 1.29 is 22.7 Å². The Bertz CT molecular complexity index is 1200. The highest BCUT2D eigenvalue weighted by molar-refractivity contribution is 6.05. The second kappa shape index (κ2) is 10.7. The van der Waals surface area contributed by atoms with E-state index >= 15 is 0 Å². The van der Waals surface area contributed by atoms with Gasteiger partial charge in [-0.05, 0) is 62.8 Å². The maximum Gasteiger partial charge on any atom is 0.417 e. The summed E-state index contributed by atoms with van der Waals surface area (Å²) in [6.45, 7) is 6.28. The molecule has 0 aliphatic carbocycles. The first kappa shape index (κ1) is 25.6. The van der Waals surface area contributed by atoms with Crippen LogP contribution in [0.1, 0.15) is 46.4 Å². The Kier molecular flexibility index (Phi) is 7.58. The van der Waals surface area contributed by atoms with Crippen LogP contribution in [0.15, 0.2) is 36.8 Å². The number of anilines is 2. The Morgan fingerprint density at radius 1 is 1.14 bits per heavy atom. The molecule has 1 aliphatic rings. The van der Waals surface area contributed by atoms with Gasteiger partial charge in [0.05, 0.1) is 34.9 Å². The number of halogens is 3. The van der Waals surface area contributed by atoms with Gasteiger partial charge in [-0.1, -0.05) is 0 Å². The van der Waals surface area contributed by atoms with Crippen LogP contribution >= 0.6 is 0 Å². The summed E-state index contributed by atoms with van der Waals surface area (Å²) < 4.78 is 44.9.